The van der Waals surface area contributed by atoms with Crippen molar-refractivity contribution in [3.05, 3.63) is 59.8 Å². The summed E-state index contributed by atoms with van der Waals surface area (Å²) >= 11 is 5.81. The van der Waals surface area contributed by atoms with Gasteiger partial charge in [-0.15, -0.1) is 0 Å². The van der Waals surface area contributed by atoms with E-state index < -0.39 is 0 Å². The average molecular weight is 216 g/mol. The molecule has 1 aromatic carbocycles. The van der Waals surface area contributed by atoms with Crippen molar-refractivity contribution >= 4 is 17.7 Å². The van der Waals surface area contributed by atoms with E-state index in [2.05, 4.69) is 11.6 Å². The zero-order chi connectivity index (χ0) is 10.7. The third-order valence-corrected chi connectivity index (χ3v) is 2.41. The molecule has 0 saturated heterocycles. The third-order valence-electron chi connectivity index (χ3n) is 2.16. The van der Waals surface area contributed by atoms with Crippen LogP contribution >= 0.6 is 11.6 Å². The number of rotatable bonds is 2. The van der Waals surface area contributed by atoms with Gasteiger partial charge in [0.2, 0.25) is 0 Å². The monoisotopic (exact) mass is 215 g/mol. The number of hydrogen-bond donors (Lipinski definition) is 0. The highest BCUT2D eigenvalue weighted by Gasteiger charge is 1.98. The lowest BCUT2D eigenvalue weighted by atomic mass is 10.1. The molecule has 0 aliphatic carbocycles. The first-order valence-corrected chi connectivity index (χ1v) is 5.02. The largest absolute Gasteiger partial charge is 0.256 e. The van der Waals surface area contributed by atoms with Gasteiger partial charge in [-0.1, -0.05) is 42.5 Å². The summed E-state index contributed by atoms with van der Waals surface area (Å²) in [7, 11) is 0. The van der Waals surface area contributed by atoms with Gasteiger partial charge in [0.05, 0.1) is 5.69 Å². The van der Waals surface area contributed by atoms with E-state index in [4.69, 9.17) is 11.6 Å². The van der Waals surface area contributed by atoms with E-state index in [1.807, 2.05) is 36.4 Å². The fourth-order valence-electron chi connectivity index (χ4n) is 1.32. The van der Waals surface area contributed by atoms with Gasteiger partial charge in [-0.2, -0.15) is 0 Å². The van der Waals surface area contributed by atoms with Crippen LogP contribution in [0.25, 0.3) is 17.3 Å². The number of hydrogen-bond acceptors (Lipinski definition) is 1. The maximum Gasteiger partial charge on any atom is 0.0702 e. The molecule has 2 aromatic rings. The molecule has 0 atom stereocenters. The molecule has 0 amide bonds. The predicted molar refractivity (Wildman–Crippen MR) is 64.8 cm³/mol. The van der Waals surface area contributed by atoms with Gasteiger partial charge < -0.3 is 0 Å². The Labute approximate surface area is 94.1 Å². The van der Waals surface area contributed by atoms with Crippen molar-refractivity contribution in [3.8, 4) is 11.3 Å². The number of benzene rings is 1. The van der Waals surface area contributed by atoms with Gasteiger partial charge in [-0.25, -0.2) is 0 Å². The first-order chi connectivity index (χ1) is 7.29. The Morgan fingerprint density at radius 1 is 1.07 bits per heavy atom. The van der Waals surface area contributed by atoms with Gasteiger partial charge in [0.25, 0.3) is 0 Å². The molecule has 1 nitrogen and oxygen atoms in total. The van der Waals surface area contributed by atoms with Gasteiger partial charge >= 0.3 is 0 Å². The zero-order valence-electron chi connectivity index (χ0n) is 8.15. The highest BCUT2D eigenvalue weighted by molar-refractivity contribution is 6.30. The average Bonchev–Trinajstić information content (AvgIpc) is 2.30. The molecule has 1 heterocycles. The number of halogens is 1. The van der Waals surface area contributed by atoms with Crippen molar-refractivity contribution in [1.29, 1.82) is 0 Å². The normalized spacial score (nSPS) is 9.93. The maximum absolute atomic E-state index is 5.81. The lowest BCUT2D eigenvalue weighted by Gasteiger charge is -2.01. The Bertz CT molecular complexity index is 457. The fourth-order valence-corrected chi connectivity index (χ4v) is 1.44. The Balaban J connectivity index is 2.37. The molecular formula is C13H10ClN. The molecule has 0 bridgehead atoms. The van der Waals surface area contributed by atoms with Gasteiger partial charge in [-0.05, 0) is 23.8 Å². The van der Waals surface area contributed by atoms with Crippen LogP contribution in [0.5, 0.6) is 0 Å². The van der Waals surface area contributed by atoms with E-state index in [1.165, 1.54) is 0 Å². The van der Waals surface area contributed by atoms with Crippen LogP contribution in [0.4, 0.5) is 0 Å². The summed E-state index contributed by atoms with van der Waals surface area (Å²) in [6.45, 7) is 3.69. The van der Waals surface area contributed by atoms with Crippen molar-refractivity contribution in [3.63, 3.8) is 0 Å². The van der Waals surface area contributed by atoms with E-state index >= 15 is 0 Å². The topological polar surface area (TPSA) is 12.9 Å². The van der Waals surface area contributed by atoms with Crippen molar-refractivity contribution in [2.24, 2.45) is 0 Å². The molecule has 0 aliphatic rings. The minimum Gasteiger partial charge on any atom is -0.256 e. The van der Waals surface area contributed by atoms with Crippen LogP contribution in [0, 0.1) is 0 Å². The van der Waals surface area contributed by atoms with Gasteiger partial charge in [0.1, 0.15) is 0 Å². The van der Waals surface area contributed by atoms with Gasteiger partial charge in [0.15, 0.2) is 0 Å². The smallest absolute Gasteiger partial charge is 0.0702 e. The van der Waals surface area contributed by atoms with Crippen LogP contribution in [0.2, 0.25) is 5.02 Å². The molecule has 2 heteroatoms. The second-order valence-corrected chi connectivity index (χ2v) is 3.62. The Hall–Kier alpha value is -1.60. The van der Waals surface area contributed by atoms with Crippen LogP contribution in [-0.2, 0) is 0 Å². The van der Waals surface area contributed by atoms with Crippen molar-refractivity contribution in [1.82, 2.24) is 4.98 Å². The van der Waals surface area contributed by atoms with E-state index in [1.54, 1.807) is 12.3 Å². The summed E-state index contributed by atoms with van der Waals surface area (Å²) in [6.07, 6.45) is 3.58. The molecule has 0 radical (unpaired) electrons. The molecule has 15 heavy (non-hydrogen) atoms. The number of nitrogens with zero attached hydrogens (tertiary/aromatic N) is 1. The SMILES string of the molecule is C=Cc1ccc(-c2ccc(Cl)cc2)nc1. The summed E-state index contributed by atoms with van der Waals surface area (Å²) in [5, 5.41) is 0.737. The molecule has 0 N–H and O–H groups in total. The van der Waals surface area contributed by atoms with Crippen LogP contribution in [-0.4, -0.2) is 4.98 Å². The van der Waals surface area contributed by atoms with E-state index in [0.717, 1.165) is 21.8 Å². The second-order valence-electron chi connectivity index (χ2n) is 3.19. The lowest BCUT2D eigenvalue weighted by molar-refractivity contribution is 1.31. The third kappa shape index (κ3) is 2.25. The summed E-state index contributed by atoms with van der Waals surface area (Å²) in [5.74, 6) is 0. The Morgan fingerprint density at radius 2 is 1.80 bits per heavy atom. The number of pyridine rings is 1. The van der Waals surface area contributed by atoms with E-state index in [-0.39, 0.29) is 0 Å². The van der Waals surface area contributed by atoms with Gasteiger partial charge in [-0.3, -0.25) is 4.98 Å². The standard InChI is InChI=1S/C13H10ClN/c1-2-10-3-8-13(15-9-10)11-4-6-12(14)7-5-11/h2-9H,1H2. The highest BCUT2D eigenvalue weighted by Crippen LogP contribution is 2.19. The minimum absolute atomic E-state index is 0.737. The Kier molecular flexibility index (Phi) is 2.84. The molecule has 2 rings (SSSR count). The highest BCUT2D eigenvalue weighted by atomic mass is 35.5. The molecular weight excluding hydrogens is 206 g/mol. The van der Waals surface area contributed by atoms with Crippen LogP contribution in [0.1, 0.15) is 5.56 Å². The molecule has 0 unspecified atom stereocenters. The second kappa shape index (κ2) is 4.28. The quantitative estimate of drug-likeness (QED) is 0.737. The molecule has 0 fully saturated rings. The Morgan fingerprint density at radius 3 is 2.33 bits per heavy atom. The minimum atomic E-state index is 0.737. The molecule has 74 valence electrons. The van der Waals surface area contributed by atoms with Crippen molar-refractivity contribution in [2.45, 2.75) is 0 Å². The van der Waals surface area contributed by atoms with E-state index in [0.29, 0.717) is 0 Å². The first-order valence-electron chi connectivity index (χ1n) is 4.64. The number of aromatic nitrogens is 1. The summed E-state index contributed by atoms with van der Waals surface area (Å²) in [4.78, 5) is 4.34. The zero-order valence-corrected chi connectivity index (χ0v) is 8.91. The molecule has 0 spiro atoms. The van der Waals surface area contributed by atoms with Crippen molar-refractivity contribution < 1.29 is 0 Å². The summed E-state index contributed by atoms with van der Waals surface area (Å²) < 4.78 is 0. The van der Waals surface area contributed by atoms with Gasteiger partial charge in [0, 0.05) is 16.8 Å². The lowest BCUT2D eigenvalue weighted by Crippen LogP contribution is -1.83. The predicted octanol–water partition coefficient (Wildman–Crippen LogP) is 4.05. The van der Waals surface area contributed by atoms with Crippen LogP contribution in [0.15, 0.2) is 49.2 Å². The first kappa shape index (κ1) is 9.94. The molecule has 0 saturated carbocycles. The maximum atomic E-state index is 5.81. The molecule has 0 aliphatic heterocycles. The van der Waals surface area contributed by atoms with Crippen molar-refractivity contribution in [2.75, 3.05) is 0 Å². The van der Waals surface area contributed by atoms with Crippen LogP contribution < -0.4 is 0 Å². The fraction of sp³-hybridized carbons (Fsp3) is 0. The summed E-state index contributed by atoms with van der Waals surface area (Å²) in [6, 6.07) is 11.6. The molecule has 1 aromatic heterocycles. The summed E-state index contributed by atoms with van der Waals surface area (Å²) in [5.41, 5.74) is 3.03. The van der Waals surface area contributed by atoms with Crippen LogP contribution in [0.3, 0.4) is 0 Å². The van der Waals surface area contributed by atoms with E-state index in [9.17, 15) is 0 Å².